The molecule has 0 bridgehead atoms. The lowest BCUT2D eigenvalue weighted by Gasteiger charge is -2.16. The molecule has 1 aromatic heterocycles. The third-order valence-corrected chi connectivity index (χ3v) is 7.30. The van der Waals surface area contributed by atoms with Gasteiger partial charge in [0.1, 0.15) is 5.76 Å². The molecule has 8 heteroatoms. The van der Waals surface area contributed by atoms with Crippen molar-refractivity contribution in [2.45, 2.75) is 18.4 Å². The molecule has 1 heterocycles. The smallest absolute Gasteiger partial charge is 0.255 e. The number of hydrogen-bond acceptors (Lipinski definition) is 5. The summed E-state index contributed by atoms with van der Waals surface area (Å²) in [5, 5.41) is 2.78. The Labute approximate surface area is 204 Å². The van der Waals surface area contributed by atoms with Crippen LogP contribution >= 0.6 is 0 Å². The van der Waals surface area contributed by atoms with Crippen molar-refractivity contribution in [1.82, 2.24) is 4.31 Å². The number of benzene rings is 3. The Morgan fingerprint density at radius 1 is 0.886 bits per heavy atom. The molecule has 1 amide bonds. The second-order valence-corrected chi connectivity index (χ2v) is 10.1. The molecule has 0 unspecified atom stereocenters. The first-order valence-corrected chi connectivity index (χ1v) is 12.3. The number of sulfonamides is 1. The molecule has 0 fully saturated rings. The van der Waals surface area contributed by atoms with E-state index < -0.39 is 15.9 Å². The molecule has 3 aromatic carbocycles. The Morgan fingerprint density at radius 2 is 1.60 bits per heavy atom. The Hall–Kier alpha value is -4.01. The zero-order valence-corrected chi connectivity index (χ0v) is 20.1. The normalized spacial score (nSPS) is 11.4. The van der Waals surface area contributed by atoms with Crippen LogP contribution in [0.3, 0.4) is 0 Å². The molecule has 0 saturated heterocycles. The van der Waals surface area contributed by atoms with Gasteiger partial charge < -0.3 is 9.73 Å². The minimum atomic E-state index is -3.77. The highest BCUT2D eigenvalue weighted by Crippen LogP contribution is 2.23. The van der Waals surface area contributed by atoms with Gasteiger partial charge in [-0.25, -0.2) is 8.42 Å². The number of carbonyl (C=O) groups is 2. The summed E-state index contributed by atoms with van der Waals surface area (Å²) in [5.74, 6) is -0.138. The van der Waals surface area contributed by atoms with E-state index in [0.29, 0.717) is 22.6 Å². The third-order valence-electron chi connectivity index (χ3n) is 5.49. The number of carbonyl (C=O) groups excluding carboxylic acids is 2. The van der Waals surface area contributed by atoms with Gasteiger partial charge in [-0.1, -0.05) is 42.0 Å². The van der Waals surface area contributed by atoms with Gasteiger partial charge in [-0.3, -0.25) is 9.59 Å². The quantitative estimate of drug-likeness (QED) is 0.356. The van der Waals surface area contributed by atoms with Gasteiger partial charge in [0.15, 0.2) is 5.78 Å². The second-order valence-electron chi connectivity index (χ2n) is 8.06. The maximum Gasteiger partial charge on any atom is 0.255 e. The molecule has 1 N–H and O–H groups in total. The number of hydrogen-bond donors (Lipinski definition) is 1. The summed E-state index contributed by atoms with van der Waals surface area (Å²) in [5.41, 5.74) is 2.42. The Morgan fingerprint density at radius 3 is 2.26 bits per heavy atom. The molecule has 35 heavy (non-hydrogen) atoms. The predicted molar refractivity (Wildman–Crippen MR) is 133 cm³/mol. The van der Waals surface area contributed by atoms with Crippen LogP contribution < -0.4 is 5.32 Å². The van der Waals surface area contributed by atoms with Crippen molar-refractivity contribution in [2.24, 2.45) is 0 Å². The number of nitrogens with zero attached hydrogens (tertiary/aromatic N) is 1. The lowest BCUT2D eigenvalue weighted by molar-refractivity contribution is 0.102. The lowest BCUT2D eigenvalue weighted by atomic mass is 9.99. The summed E-state index contributed by atoms with van der Waals surface area (Å²) in [6.07, 6.45) is 1.48. The fraction of sp³-hybridized carbons (Fsp3) is 0.111. The van der Waals surface area contributed by atoms with Crippen molar-refractivity contribution < 1.29 is 22.4 Å². The van der Waals surface area contributed by atoms with Crippen molar-refractivity contribution in [3.63, 3.8) is 0 Å². The van der Waals surface area contributed by atoms with Crippen molar-refractivity contribution in [1.29, 1.82) is 0 Å². The third kappa shape index (κ3) is 5.40. The summed E-state index contributed by atoms with van der Waals surface area (Å²) in [6, 6.07) is 23.1. The van der Waals surface area contributed by atoms with Crippen LogP contribution in [0.4, 0.5) is 5.69 Å². The molecule has 0 radical (unpaired) electrons. The maximum absolute atomic E-state index is 13.0. The molecule has 4 rings (SSSR count). The van der Waals surface area contributed by atoms with Gasteiger partial charge in [-0.15, -0.1) is 0 Å². The second kappa shape index (κ2) is 10.1. The van der Waals surface area contributed by atoms with Crippen LogP contribution in [-0.4, -0.2) is 31.5 Å². The molecule has 0 aliphatic heterocycles. The van der Waals surface area contributed by atoms with Crippen molar-refractivity contribution in [2.75, 3.05) is 12.4 Å². The van der Waals surface area contributed by atoms with E-state index in [1.54, 1.807) is 48.5 Å². The van der Waals surface area contributed by atoms with Gasteiger partial charge in [0.25, 0.3) is 5.91 Å². The summed E-state index contributed by atoms with van der Waals surface area (Å²) in [4.78, 5) is 26.0. The molecule has 7 nitrogen and oxygen atoms in total. The first-order chi connectivity index (χ1) is 16.8. The Kier molecular flexibility index (Phi) is 6.95. The molecule has 0 spiro atoms. The summed E-state index contributed by atoms with van der Waals surface area (Å²) < 4.78 is 32.1. The van der Waals surface area contributed by atoms with E-state index in [1.165, 1.54) is 41.9 Å². The number of ketones is 1. The number of amides is 1. The highest BCUT2D eigenvalue weighted by molar-refractivity contribution is 7.89. The highest BCUT2D eigenvalue weighted by atomic mass is 32.2. The average molecular weight is 489 g/mol. The topological polar surface area (TPSA) is 96.7 Å². The van der Waals surface area contributed by atoms with Crippen LogP contribution in [-0.2, 0) is 16.6 Å². The van der Waals surface area contributed by atoms with E-state index in [2.05, 4.69) is 5.32 Å². The first kappa shape index (κ1) is 24.1. The minimum absolute atomic E-state index is 0.0541. The van der Waals surface area contributed by atoms with Gasteiger partial charge in [0, 0.05) is 23.7 Å². The van der Waals surface area contributed by atoms with Crippen molar-refractivity contribution in [3.05, 3.63) is 119 Å². The lowest BCUT2D eigenvalue weighted by Crippen LogP contribution is -2.26. The average Bonchev–Trinajstić information content (AvgIpc) is 3.38. The van der Waals surface area contributed by atoms with Crippen LogP contribution in [0.5, 0.6) is 0 Å². The summed E-state index contributed by atoms with van der Waals surface area (Å²) >= 11 is 0. The van der Waals surface area contributed by atoms with Gasteiger partial charge in [-0.05, 0) is 55.5 Å². The van der Waals surface area contributed by atoms with Crippen LogP contribution in [0.25, 0.3) is 0 Å². The minimum Gasteiger partial charge on any atom is -0.468 e. The number of aryl methyl sites for hydroxylation is 1. The highest BCUT2D eigenvalue weighted by Gasteiger charge is 2.22. The maximum atomic E-state index is 13.0. The zero-order valence-electron chi connectivity index (χ0n) is 19.3. The van der Waals surface area contributed by atoms with Gasteiger partial charge in [0.2, 0.25) is 10.0 Å². The largest absolute Gasteiger partial charge is 0.468 e. The van der Waals surface area contributed by atoms with E-state index in [-0.39, 0.29) is 22.8 Å². The van der Waals surface area contributed by atoms with Crippen LogP contribution in [0.2, 0.25) is 0 Å². The van der Waals surface area contributed by atoms with Gasteiger partial charge in [-0.2, -0.15) is 4.31 Å². The zero-order chi connectivity index (χ0) is 25.0. The van der Waals surface area contributed by atoms with Gasteiger partial charge >= 0.3 is 0 Å². The van der Waals surface area contributed by atoms with Crippen LogP contribution in [0.15, 0.2) is 101 Å². The van der Waals surface area contributed by atoms with Crippen molar-refractivity contribution >= 4 is 27.4 Å². The monoisotopic (exact) mass is 488 g/mol. The molecule has 4 aromatic rings. The summed E-state index contributed by atoms with van der Waals surface area (Å²) in [7, 11) is -2.31. The fourth-order valence-corrected chi connectivity index (χ4v) is 4.70. The predicted octanol–water partition coefficient (Wildman–Crippen LogP) is 4.89. The molecule has 0 atom stereocenters. The molecule has 178 valence electrons. The number of nitrogens with one attached hydrogen (secondary N) is 1. The van der Waals surface area contributed by atoms with E-state index in [1.807, 2.05) is 19.1 Å². The summed E-state index contributed by atoms with van der Waals surface area (Å²) in [6.45, 7) is 1.96. The number of anilines is 1. The molecule has 0 aliphatic carbocycles. The number of rotatable bonds is 8. The van der Waals surface area contributed by atoms with E-state index in [9.17, 15) is 18.0 Å². The van der Waals surface area contributed by atoms with Crippen LogP contribution in [0.1, 0.15) is 37.6 Å². The Balaban J connectivity index is 1.53. The Bertz CT molecular complexity index is 1450. The standard InChI is InChI=1S/C27H24N2O5S/c1-19-10-15-25(24(17-19)26(30)20-7-4-3-5-8-20)28-27(31)21-11-13-23(14-12-21)35(32,33)29(2)18-22-9-6-16-34-22/h3-17H,18H2,1-2H3,(H,28,31). The van der Waals surface area contributed by atoms with Crippen LogP contribution in [0, 0.1) is 6.92 Å². The molecular weight excluding hydrogens is 464 g/mol. The van der Waals surface area contributed by atoms with Crippen molar-refractivity contribution in [3.8, 4) is 0 Å². The van der Waals surface area contributed by atoms with Gasteiger partial charge in [0.05, 0.1) is 23.4 Å². The molecular formula is C27H24N2O5S. The SMILES string of the molecule is Cc1ccc(NC(=O)c2ccc(S(=O)(=O)N(C)Cc3ccco3)cc2)c(C(=O)c2ccccc2)c1. The fourth-order valence-electron chi connectivity index (χ4n) is 3.56. The number of furan rings is 1. The van der Waals surface area contributed by atoms with E-state index in [4.69, 9.17) is 4.42 Å². The molecule has 0 aliphatic rings. The van der Waals surface area contributed by atoms with E-state index in [0.717, 1.165) is 5.56 Å². The van der Waals surface area contributed by atoms with E-state index >= 15 is 0 Å². The molecule has 0 saturated carbocycles. The first-order valence-electron chi connectivity index (χ1n) is 10.9.